The van der Waals surface area contributed by atoms with Crippen LogP contribution in [0.5, 0.6) is 5.75 Å². The van der Waals surface area contributed by atoms with Gasteiger partial charge in [-0.05, 0) is 38.8 Å². The number of rotatable bonds is 7. The van der Waals surface area contributed by atoms with Gasteiger partial charge in [0.2, 0.25) is 0 Å². The molecular weight excluding hydrogens is 244 g/mol. The predicted molar refractivity (Wildman–Crippen MR) is 72.4 cm³/mol. The summed E-state index contributed by atoms with van der Waals surface area (Å²) in [5.41, 5.74) is 0. The third-order valence-electron chi connectivity index (χ3n) is 2.92. The van der Waals surface area contributed by atoms with Crippen LogP contribution >= 0.6 is 0 Å². The molecule has 0 unspecified atom stereocenters. The van der Waals surface area contributed by atoms with E-state index in [1.54, 1.807) is 6.20 Å². The summed E-state index contributed by atoms with van der Waals surface area (Å²) in [6.07, 6.45) is 3.89. The Morgan fingerprint density at radius 2 is 2.21 bits per heavy atom. The van der Waals surface area contributed by atoms with Crippen LogP contribution < -0.4 is 9.64 Å². The quantitative estimate of drug-likeness (QED) is 0.705. The van der Waals surface area contributed by atoms with Gasteiger partial charge in [0.15, 0.2) is 11.6 Å². The lowest BCUT2D eigenvalue weighted by Gasteiger charge is -2.24. The SMILES string of the molecule is CCOC(=O)CN(c1ncccc1OCC)C1CC1. The van der Waals surface area contributed by atoms with Gasteiger partial charge in [-0.1, -0.05) is 0 Å². The molecule has 0 atom stereocenters. The molecule has 0 saturated heterocycles. The van der Waals surface area contributed by atoms with Gasteiger partial charge >= 0.3 is 5.97 Å². The number of hydrogen-bond acceptors (Lipinski definition) is 5. The molecule has 5 heteroatoms. The smallest absolute Gasteiger partial charge is 0.325 e. The number of aromatic nitrogens is 1. The van der Waals surface area contributed by atoms with Crippen molar-refractivity contribution in [1.82, 2.24) is 4.98 Å². The Hall–Kier alpha value is -1.78. The first-order chi connectivity index (χ1) is 9.26. The normalized spacial score (nSPS) is 14.0. The zero-order chi connectivity index (χ0) is 13.7. The highest BCUT2D eigenvalue weighted by atomic mass is 16.5. The van der Waals surface area contributed by atoms with Crippen molar-refractivity contribution in [2.45, 2.75) is 32.7 Å². The average Bonchev–Trinajstić information content (AvgIpc) is 3.22. The molecule has 0 N–H and O–H groups in total. The third kappa shape index (κ3) is 3.59. The molecule has 0 aromatic carbocycles. The molecule has 0 bridgehead atoms. The van der Waals surface area contributed by atoms with Crippen LogP contribution in [0.25, 0.3) is 0 Å². The fourth-order valence-electron chi connectivity index (χ4n) is 1.97. The van der Waals surface area contributed by atoms with E-state index in [9.17, 15) is 4.79 Å². The molecule has 0 aliphatic heterocycles. The van der Waals surface area contributed by atoms with E-state index in [4.69, 9.17) is 9.47 Å². The highest BCUT2D eigenvalue weighted by Gasteiger charge is 2.33. The standard InChI is InChI=1S/C14H20N2O3/c1-3-18-12-6-5-9-15-14(12)16(11-7-8-11)10-13(17)19-4-2/h5-6,9,11H,3-4,7-8,10H2,1-2H3. The van der Waals surface area contributed by atoms with E-state index in [0.29, 0.717) is 19.3 Å². The van der Waals surface area contributed by atoms with E-state index in [1.807, 2.05) is 30.9 Å². The number of carbonyl (C=O) groups excluding carboxylic acids is 1. The van der Waals surface area contributed by atoms with E-state index < -0.39 is 0 Å². The molecule has 0 amide bonds. The number of pyridine rings is 1. The van der Waals surface area contributed by atoms with Gasteiger partial charge in [0.05, 0.1) is 13.2 Å². The van der Waals surface area contributed by atoms with E-state index in [2.05, 4.69) is 4.98 Å². The van der Waals surface area contributed by atoms with E-state index in [0.717, 1.165) is 24.4 Å². The molecule has 5 nitrogen and oxygen atoms in total. The van der Waals surface area contributed by atoms with Crippen LogP contribution in [0.2, 0.25) is 0 Å². The summed E-state index contributed by atoms with van der Waals surface area (Å²) in [6.45, 7) is 4.96. The lowest BCUT2D eigenvalue weighted by atomic mass is 10.3. The number of nitrogens with zero attached hydrogens (tertiary/aromatic N) is 2. The van der Waals surface area contributed by atoms with Crippen LogP contribution in [0.1, 0.15) is 26.7 Å². The molecule has 1 aliphatic carbocycles. The number of hydrogen-bond donors (Lipinski definition) is 0. The van der Waals surface area contributed by atoms with Gasteiger partial charge in [-0.3, -0.25) is 4.79 Å². The molecule has 2 rings (SSSR count). The fourth-order valence-corrected chi connectivity index (χ4v) is 1.97. The highest BCUT2D eigenvalue weighted by Crippen LogP contribution is 2.35. The van der Waals surface area contributed by atoms with Crippen molar-refractivity contribution in [2.24, 2.45) is 0 Å². The average molecular weight is 264 g/mol. The Balaban J connectivity index is 2.16. The maximum Gasteiger partial charge on any atom is 0.325 e. The van der Waals surface area contributed by atoms with Crippen molar-refractivity contribution in [2.75, 3.05) is 24.7 Å². The number of ether oxygens (including phenoxy) is 2. The van der Waals surface area contributed by atoms with Gasteiger partial charge in [0.1, 0.15) is 6.54 Å². The largest absolute Gasteiger partial charge is 0.490 e. The minimum absolute atomic E-state index is 0.220. The van der Waals surface area contributed by atoms with Crippen molar-refractivity contribution in [3.63, 3.8) is 0 Å². The summed E-state index contributed by atoms with van der Waals surface area (Å²) < 4.78 is 10.6. The Kier molecular flexibility index (Phi) is 4.60. The van der Waals surface area contributed by atoms with Gasteiger partial charge in [-0.2, -0.15) is 0 Å². The third-order valence-corrected chi connectivity index (χ3v) is 2.92. The molecule has 0 radical (unpaired) electrons. The van der Waals surface area contributed by atoms with Crippen LogP contribution in [-0.2, 0) is 9.53 Å². The van der Waals surface area contributed by atoms with Gasteiger partial charge in [-0.25, -0.2) is 4.98 Å². The molecule has 1 fully saturated rings. The Morgan fingerprint density at radius 1 is 1.42 bits per heavy atom. The number of anilines is 1. The Bertz CT molecular complexity index is 432. The van der Waals surface area contributed by atoms with Crippen LogP contribution in [0, 0.1) is 0 Å². The summed E-state index contributed by atoms with van der Waals surface area (Å²) in [5, 5.41) is 0. The van der Waals surface area contributed by atoms with Crippen molar-refractivity contribution in [3.8, 4) is 5.75 Å². The maximum atomic E-state index is 11.7. The molecule has 1 saturated carbocycles. The second kappa shape index (κ2) is 6.41. The van der Waals surface area contributed by atoms with Gasteiger partial charge in [0, 0.05) is 12.2 Å². The summed E-state index contributed by atoms with van der Waals surface area (Å²) in [5.74, 6) is 1.24. The van der Waals surface area contributed by atoms with E-state index in [1.165, 1.54) is 0 Å². The fraction of sp³-hybridized carbons (Fsp3) is 0.571. The zero-order valence-corrected chi connectivity index (χ0v) is 11.5. The first-order valence-corrected chi connectivity index (χ1v) is 6.76. The van der Waals surface area contributed by atoms with Crippen LogP contribution in [0.15, 0.2) is 18.3 Å². The molecular formula is C14H20N2O3. The lowest BCUT2D eigenvalue weighted by molar-refractivity contribution is -0.141. The number of esters is 1. The van der Waals surface area contributed by atoms with Crippen molar-refractivity contribution < 1.29 is 14.3 Å². The summed E-state index contributed by atoms with van der Waals surface area (Å²) in [4.78, 5) is 18.0. The molecule has 0 spiro atoms. The topological polar surface area (TPSA) is 51.7 Å². The predicted octanol–water partition coefficient (Wildman–Crippen LogP) is 2.01. The molecule has 19 heavy (non-hydrogen) atoms. The minimum Gasteiger partial charge on any atom is -0.490 e. The Morgan fingerprint density at radius 3 is 2.84 bits per heavy atom. The summed E-state index contributed by atoms with van der Waals surface area (Å²) in [7, 11) is 0. The van der Waals surface area contributed by atoms with E-state index >= 15 is 0 Å². The van der Waals surface area contributed by atoms with Crippen molar-refractivity contribution in [1.29, 1.82) is 0 Å². The first kappa shape index (κ1) is 13.6. The van der Waals surface area contributed by atoms with Crippen LogP contribution in [0.4, 0.5) is 5.82 Å². The second-order valence-corrected chi connectivity index (χ2v) is 4.42. The monoisotopic (exact) mass is 264 g/mol. The van der Waals surface area contributed by atoms with Crippen molar-refractivity contribution in [3.05, 3.63) is 18.3 Å². The second-order valence-electron chi connectivity index (χ2n) is 4.42. The number of carbonyl (C=O) groups is 1. The summed E-state index contributed by atoms with van der Waals surface area (Å²) in [6, 6.07) is 4.09. The lowest BCUT2D eigenvalue weighted by Crippen LogP contribution is -2.34. The van der Waals surface area contributed by atoms with Crippen LogP contribution in [0.3, 0.4) is 0 Å². The molecule has 1 aromatic heterocycles. The van der Waals surface area contributed by atoms with Gasteiger partial charge < -0.3 is 14.4 Å². The summed E-state index contributed by atoms with van der Waals surface area (Å²) >= 11 is 0. The Labute approximate surface area is 113 Å². The van der Waals surface area contributed by atoms with Gasteiger partial charge in [0.25, 0.3) is 0 Å². The molecule has 1 aliphatic rings. The molecule has 104 valence electrons. The van der Waals surface area contributed by atoms with Gasteiger partial charge in [-0.15, -0.1) is 0 Å². The van der Waals surface area contributed by atoms with E-state index in [-0.39, 0.29) is 12.5 Å². The highest BCUT2D eigenvalue weighted by molar-refractivity contribution is 5.76. The molecule has 1 aromatic rings. The van der Waals surface area contributed by atoms with Crippen LogP contribution in [-0.4, -0.2) is 36.8 Å². The zero-order valence-electron chi connectivity index (χ0n) is 11.5. The minimum atomic E-state index is -0.220. The van der Waals surface area contributed by atoms with Crippen molar-refractivity contribution >= 4 is 11.8 Å². The first-order valence-electron chi connectivity index (χ1n) is 6.76. The maximum absolute atomic E-state index is 11.7. The molecule has 1 heterocycles.